The van der Waals surface area contributed by atoms with E-state index in [0.717, 1.165) is 49.5 Å². The van der Waals surface area contributed by atoms with E-state index in [1.165, 1.54) is 0 Å². The lowest BCUT2D eigenvalue weighted by Gasteiger charge is -2.21. The number of aromatic nitrogens is 4. The van der Waals surface area contributed by atoms with Crippen LogP contribution >= 0.6 is 23.2 Å². The molecule has 0 atom stereocenters. The fourth-order valence-corrected chi connectivity index (χ4v) is 4.12. The Morgan fingerprint density at radius 2 is 1.91 bits per heavy atom. The van der Waals surface area contributed by atoms with Gasteiger partial charge in [0, 0.05) is 30.7 Å². The highest BCUT2D eigenvalue weighted by molar-refractivity contribution is 6.35. The smallest absolute Gasteiger partial charge is 0.230 e. The molecule has 10 heteroatoms. The summed E-state index contributed by atoms with van der Waals surface area (Å²) in [5.74, 6) is 2.93. The highest BCUT2D eigenvalue weighted by atomic mass is 35.5. The molecule has 33 heavy (non-hydrogen) atoms. The standard InChI is InChI=1S/C23H23Cl2N7O/c24-15-6-7-19(16(25)12-15)33-22-13-20(30-23(31-22)32-10-3-8-26-9-11-32)27-14-21-28-17-4-1-2-5-18(17)29-21/h1-2,4-7,12-13,26H,3,8-11,14H2,(H,28,29)(H,27,30,31). The molecule has 0 radical (unpaired) electrons. The second kappa shape index (κ2) is 9.82. The second-order valence-electron chi connectivity index (χ2n) is 7.71. The first kappa shape index (κ1) is 21.8. The van der Waals surface area contributed by atoms with E-state index in [9.17, 15) is 0 Å². The Balaban J connectivity index is 1.42. The number of hydrogen-bond acceptors (Lipinski definition) is 7. The molecule has 1 saturated heterocycles. The van der Waals surface area contributed by atoms with Gasteiger partial charge in [-0.1, -0.05) is 35.3 Å². The average Bonchev–Trinajstić information content (AvgIpc) is 3.03. The van der Waals surface area contributed by atoms with Crippen molar-refractivity contribution in [3.63, 3.8) is 0 Å². The summed E-state index contributed by atoms with van der Waals surface area (Å²) < 4.78 is 6.02. The van der Waals surface area contributed by atoms with Gasteiger partial charge in [-0.25, -0.2) is 4.98 Å². The number of benzene rings is 2. The highest BCUT2D eigenvalue weighted by Gasteiger charge is 2.16. The molecular weight excluding hydrogens is 461 g/mol. The molecule has 1 aliphatic heterocycles. The van der Waals surface area contributed by atoms with Crippen molar-refractivity contribution in [1.29, 1.82) is 0 Å². The molecule has 170 valence electrons. The molecule has 0 bridgehead atoms. The van der Waals surface area contributed by atoms with Crippen LogP contribution in [-0.4, -0.2) is 46.1 Å². The Labute approximate surface area is 201 Å². The number of nitrogens with zero attached hydrogens (tertiary/aromatic N) is 4. The molecule has 0 aliphatic carbocycles. The molecule has 0 amide bonds. The van der Waals surface area contributed by atoms with Gasteiger partial charge < -0.3 is 25.3 Å². The zero-order valence-electron chi connectivity index (χ0n) is 17.8. The average molecular weight is 484 g/mol. The quantitative estimate of drug-likeness (QED) is 0.360. The van der Waals surface area contributed by atoms with Gasteiger partial charge in [0.25, 0.3) is 0 Å². The Bertz CT molecular complexity index is 1220. The molecule has 8 nitrogen and oxygen atoms in total. The van der Waals surface area contributed by atoms with Gasteiger partial charge in [-0.15, -0.1) is 0 Å². The van der Waals surface area contributed by atoms with Crippen molar-refractivity contribution in [2.75, 3.05) is 36.4 Å². The predicted octanol–water partition coefficient (Wildman–Crippen LogP) is 4.86. The van der Waals surface area contributed by atoms with Gasteiger partial charge >= 0.3 is 0 Å². The molecule has 0 unspecified atom stereocenters. The molecule has 0 spiro atoms. The maximum Gasteiger partial charge on any atom is 0.230 e. The molecule has 1 aliphatic rings. The van der Waals surface area contributed by atoms with Gasteiger partial charge in [0.1, 0.15) is 17.4 Å². The van der Waals surface area contributed by atoms with Crippen molar-refractivity contribution in [2.24, 2.45) is 0 Å². The van der Waals surface area contributed by atoms with E-state index in [0.29, 0.717) is 40.0 Å². The largest absolute Gasteiger partial charge is 0.437 e. The third-order valence-electron chi connectivity index (χ3n) is 5.30. The van der Waals surface area contributed by atoms with E-state index in [1.807, 2.05) is 24.3 Å². The molecule has 3 heterocycles. The van der Waals surface area contributed by atoms with Crippen LogP contribution in [0.25, 0.3) is 11.0 Å². The molecule has 4 aromatic rings. The van der Waals surface area contributed by atoms with Crippen LogP contribution in [0, 0.1) is 0 Å². The van der Waals surface area contributed by atoms with Gasteiger partial charge in [-0.3, -0.25) is 0 Å². The molecule has 5 rings (SSSR count). The normalized spacial score (nSPS) is 14.3. The Hall–Kier alpha value is -3.07. The summed E-state index contributed by atoms with van der Waals surface area (Å²) in [5, 5.41) is 7.71. The number of hydrogen-bond donors (Lipinski definition) is 3. The van der Waals surface area contributed by atoms with E-state index >= 15 is 0 Å². The van der Waals surface area contributed by atoms with Crippen LogP contribution in [0.4, 0.5) is 11.8 Å². The first-order chi connectivity index (χ1) is 16.1. The molecular formula is C23H23Cl2N7O. The van der Waals surface area contributed by atoms with E-state index in [1.54, 1.807) is 24.3 Å². The molecule has 1 fully saturated rings. The third kappa shape index (κ3) is 5.30. The van der Waals surface area contributed by atoms with Crippen LogP contribution in [0.1, 0.15) is 12.2 Å². The summed E-state index contributed by atoms with van der Waals surface area (Å²) in [6, 6.07) is 14.8. The van der Waals surface area contributed by atoms with E-state index < -0.39 is 0 Å². The lowest BCUT2D eigenvalue weighted by atomic mass is 10.3. The second-order valence-corrected chi connectivity index (χ2v) is 8.56. The minimum absolute atomic E-state index is 0.397. The zero-order chi connectivity index (χ0) is 22.6. The Kier molecular flexibility index (Phi) is 6.48. The van der Waals surface area contributed by atoms with E-state index in [4.69, 9.17) is 32.9 Å². The van der Waals surface area contributed by atoms with Gasteiger partial charge in [0.2, 0.25) is 11.8 Å². The SMILES string of the molecule is Clc1ccc(Oc2cc(NCc3nc4ccccc4[nH]3)nc(N3CCCNCC3)n2)c(Cl)c1. The van der Waals surface area contributed by atoms with Gasteiger partial charge in [-0.2, -0.15) is 9.97 Å². The maximum absolute atomic E-state index is 6.31. The fraction of sp³-hybridized carbons (Fsp3) is 0.261. The summed E-state index contributed by atoms with van der Waals surface area (Å²) in [6.45, 7) is 4.01. The highest BCUT2D eigenvalue weighted by Crippen LogP contribution is 2.32. The van der Waals surface area contributed by atoms with Crippen LogP contribution < -0.4 is 20.3 Å². The number of para-hydroxylation sites is 2. The monoisotopic (exact) mass is 483 g/mol. The lowest BCUT2D eigenvalue weighted by Crippen LogP contribution is -2.29. The van der Waals surface area contributed by atoms with Crippen LogP contribution in [0.5, 0.6) is 11.6 Å². The summed E-state index contributed by atoms with van der Waals surface area (Å²) in [7, 11) is 0. The maximum atomic E-state index is 6.31. The number of fused-ring (bicyclic) bond motifs is 1. The molecule has 2 aromatic carbocycles. The number of nitrogens with one attached hydrogen (secondary N) is 3. The van der Waals surface area contributed by atoms with Crippen LogP contribution in [0.3, 0.4) is 0 Å². The van der Waals surface area contributed by atoms with Crippen LogP contribution in [-0.2, 0) is 6.54 Å². The fourth-order valence-electron chi connectivity index (χ4n) is 3.68. The minimum Gasteiger partial charge on any atom is -0.437 e. The number of ether oxygens (including phenoxy) is 1. The van der Waals surface area contributed by atoms with Gasteiger partial charge in [-0.05, 0) is 43.3 Å². The summed E-state index contributed by atoms with van der Waals surface area (Å²) in [6.07, 6.45) is 1.01. The van der Waals surface area contributed by atoms with E-state index in [2.05, 4.69) is 30.5 Å². The van der Waals surface area contributed by atoms with Crippen molar-refractivity contribution < 1.29 is 4.74 Å². The topological polar surface area (TPSA) is 91.0 Å². The summed E-state index contributed by atoms with van der Waals surface area (Å²) in [4.78, 5) is 19.5. The van der Waals surface area contributed by atoms with Crippen LogP contribution in [0.15, 0.2) is 48.5 Å². The molecule has 0 saturated carbocycles. The third-order valence-corrected chi connectivity index (χ3v) is 5.83. The van der Waals surface area contributed by atoms with Crippen LogP contribution in [0.2, 0.25) is 10.0 Å². The first-order valence-corrected chi connectivity index (χ1v) is 11.5. The van der Waals surface area contributed by atoms with Crippen molar-refractivity contribution in [3.05, 3.63) is 64.4 Å². The van der Waals surface area contributed by atoms with Crippen molar-refractivity contribution in [2.45, 2.75) is 13.0 Å². The summed E-state index contributed by atoms with van der Waals surface area (Å²) in [5.41, 5.74) is 1.92. The van der Waals surface area contributed by atoms with Crippen molar-refractivity contribution in [3.8, 4) is 11.6 Å². The van der Waals surface area contributed by atoms with Gasteiger partial charge in [0.15, 0.2) is 0 Å². The molecule has 3 N–H and O–H groups in total. The van der Waals surface area contributed by atoms with Crippen molar-refractivity contribution >= 4 is 46.0 Å². The summed E-state index contributed by atoms with van der Waals surface area (Å²) >= 11 is 12.3. The number of rotatable bonds is 6. The first-order valence-electron chi connectivity index (χ1n) is 10.8. The van der Waals surface area contributed by atoms with E-state index in [-0.39, 0.29) is 0 Å². The number of anilines is 2. The van der Waals surface area contributed by atoms with Gasteiger partial charge in [0.05, 0.1) is 22.6 Å². The predicted molar refractivity (Wildman–Crippen MR) is 132 cm³/mol. The Morgan fingerprint density at radius 1 is 1.00 bits per heavy atom. The number of H-pyrrole nitrogens is 1. The lowest BCUT2D eigenvalue weighted by molar-refractivity contribution is 0.461. The number of halogens is 2. The zero-order valence-corrected chi connectivity index (χ0v) is 19.3. The minimum atomic E-state index is 0.397. The Morgan fingerprint density at radius 3 is 2.79 bits per heavy atom. The number of aromatic amines is 1. The molecule has 2 aromatic heterocycles. The number of imidazole rings is 1. The van der Waals surface area contributed by atoms with Crippen molar-refractivity contribution in [1.82, 2.24) is 25.3 Å².